The van der Waals surface area contributed by atoms with Crippen LogP contribution >= 0.6 is 11.8 Å². The number of imide groups is 1. The van der Waals surface area contributed by atoms with E-state index in [1.807, 2.05) is 30.3 Å². The van der Waals surface area contributed by atoms with Gasteiger partial charge in [0, 0.05) is 11.0 Å². The number of halogens is 2. The molecule has 0 bridgehead atoms. The predicted octanol–water partition coefficient (Wildman–Crippen LogP) is 3.68. The molecule has 1 aliphatic rings. The van der Waals surface area contributed by atoms with Gasteiger partial charge in [-0.1, -0.05) is 42.5 Å². The van der Waals surface area contributed by atoms with Crippen LogP contribution in [0, 0.1) is 11.6 Å². The van der Waals surface area contributed by atoms with Crippen LogP contribution in [0.1, 0.15) is 16.4 Å². The molecule has 0 saturated heterocycles. The summed E-state index contributed by atoms with van der Waals surface area (Å²) in [6.45, 7) is -0.522. The van der Waals surface area contributed by atoms with Crippen molar-refractivity contribution >= 4 is 35.2 Å². The molecule has 174 valence electrons. The maximum atomic E-state index is 13.7. The number of nitrogens with zero attached hydrogens (tertiary/aromatic N) is 1. The topological polar surface area (TPSA) is 92.5 Å². The normalized spacial score (nSPS) is 17.3. The van der Waals surface area contributed by atoms with Crippen LogP contribution in [0.4, 0.5) is 14.5 Å². The second kappa shape index (κ2) is 10.1. The summed E-state index contributed by atoms with van der Waals surface area (Å²) in [5, 5.41) is 2.16. The van der Waals surface area contributed by atoms with E-state index in [9.17, 15) is 23.2 Å². The fourth-order valence-corrected chi connectivity index (χ4v) is 5.23. The molecule has 9 heteroatoms. The number of amides is 3. The predicted molar refractivity (Wildman–Crippen MR) is 125 cm³/mol. The number of nitrogens with two attached hydrogens (primary N) is 1. The maximum absolute atomic E-state index is 13.7. The highest BCUT2D eigenvalue weighted by molar-refractivity contribution is 7.99. The van der Waals surface area contributed by atoms with Gasteiger partial charge in [0.05, 0.1) is 23.9 Å². The summed E-state index contributed by atoms with van der Waals surface area (Å²) < 4.78 is 27.4. The third-order valence-electron chi connectivity index (χ3n) is 5.35. The number of hydrogen-bond acceptors (Lipinski definition) is 5. The molecule has 6 nitrogen and oxygen atoms in total. The number of benzene rings is 3. The van der Waals surface area contributed by atoms with Gasteiger partial charge < -0.3 is 11.1 Å². The van der Waals surface area contributed by atoms with Crippen molar-refractivity contribution in [3.63, 3.8) is 0 Å². The van der Waals surface area contributed by atoms with E-state index in [2.05, 4.69) is 5.32 Å². The first-order valence-electron chi connectivity index (χ1n) is 10.5. The van der Waals surface area contributed by atoms with Gasteiger partial charge in [0.15, 0.2) is 0 Å². The summed E-state index contributed by atoms with van der Waals surface area (Å²) in [7, 11) is 0. The molecule has 0 radical (unpaired) electrons. The summed E-state index contributed by atoms with van der Waals surface area (Å²) >= 11 is 1.34. The lowest BCUT2D eigenvalue weighted by atomic mass is 10.0. The zero-order valence-electron chi connectivity index (χ0n) is 17.9. The molecule has 0 unspecified atom stereocenters. The summed E-state index contributed by atoms with van der Waals surface area (Å²) in [5.41, 5.74) is 6.93. The summed E-state index contributed by atoms with van der Waals surface area (Å²) in [6, 6.07) is 17.7. The van der Waals surface area contributed by atoms with Crippen molar-refractivity contribution in [2.24, 2.45) is 5.73 Å². The van der Waals surface area contributed by atoms with Crippen molar-refractivity contribution in [1.82, 2.24) is 4.90 Å². The third kappa shape index (κ3) is 5.00. The van der Waals surface area contributed by atoms with Crippen LogP contribution in [0.5, 0.6) is 0 Å². The van der Waals surface area contributed by atoms with Crippen LogP contribution < -0.4 is 11.1 Å². The Labute approximate surface area is 199 Å². The molecular formula is C25H21F2N3O3S. The number of rotatable bonds is 5. The minimum Gasteiger partial charge on any atom is -0.323 e. The van der Waals surface area contributed by atoms with Crippen LogP contribution in [0.25, 0.3) is 0 Å². The molecule has 1 heterocycles. The van der Waals surface area contributed by atoms with Gasteiger partial charge in [-0.25, -0.2) is 8.78 Å². The molecule has 4 rings (SSSR count). The van der Waals surface area contributed by atoms with E-state index < -0.39 is 53.6 Å². The van der Waals surface area contributed by atoms with E-state index in [0.717, 1.165) is 27.5 Å². The first-order valence-corrected chi connectivity index (χ1v) is 11.4. The standard InChI is InChI=1S/C25H21F2N3O3S/c26-17-10-15(11-18(27)13-17)12-21(31)30(22(32)14-28)23-24(16-6-2-1-3-7-16)34-20-9-5-4-8-19(20)29-25(23)33/h1-11,13,23-24H,12,14,28H2,(H,29,33)/t23-,24+/m0/s1. The fourth-order valence-electron chi connectivity index (χ4n) is 3.88. The minimum absolute atomic E-state index is 0.0403. The summed E-state index contributed by atoms with van der Waals surface area (Å²) in [5.74, 6) is -3.81. The second-order valence-electron chi connectivity index (χ2n) is 7.70. The Hall–Kier alpha value is -3.56. The molecule has 34 heavy (non-hydrogen) atoms. The van der Waals surface area contributed by atoms with E-state index in [-0.39, 0.29) is 5.56 Å². The highest BCUT2D eigenvalue weighted by atomic mass is 32.2. The van der Waals surface area contributed by atoms with Gasteiger partial charge in [-0.05, 0) is 35.4 Å². The Kier molecular flexibility index (Phi) is 7.04. The highest BCUT2D eigenvalue weighted by Crippen LogP contribution is 2.45. The van der Waals surface area contributed by atoms with Crippen LogP contribution in [-0.2, 0) is 20.8 Å². The minimum atomic E-state index is -1.25. The summed E-state index contributed by atoms with van der Waals surface area (Å²) in [6.07, 6.45) is -0.483. The van der Waals surface area contributed by atoms with E-state index in [0.29, 0.717) is 11.8 Å². The lowest BCUT2D eigenvalue weighted by molar-refractivity contribution is -0.150. The Morgan fingerprint density at radius 2 is 1.59 bits per heavy atom. The van der Waals surface area contributed by atoms with E-state index in [4.69, 9.17) is 5.73 Å². The molecule has 0 spiro atoms. The van der Waals surface area contributed by atoms with Crippen molar-refractivity contribution in [3.05, 3.63) is 95.6 Å². The quantitative estimate of drug-likeness (QED) is 0.580. The number of thioether (sulfide) groups is 1. The summed E-state index contributed by atoms with van der Waals surface area (Å²) in [4.78, 5) is 41.3. The molecule has 0 aromatic heterocycles. The van der Waals surface area contributed by atoms with Gasteiger partial charge in [-0.3, -0.25) is 19.3 Å². The van der Waals surface area contributed by atoms with Crippen molar-refractivity contribution in [2.75, 3.05) is 11.9 Å². The van der Waals surface area contributed by atoms with Crippen molar-refractivity contribution < 1.29 is 23.2 Å². The van der Waals surface area contributed by atoms with Crippen LogP contribution in [0.3, 0.4) is 0 Å². The first kappa shape index (κ1) is 23.6. The lowest BCUT2D eigenvalue weighted by Crippen LogP contribution is -2.54. The number of carbonyl (C=O) groups excluding carboxylic acids is 3. The molecule has 0 aliphatic carbocycles. The van der Waals surface area contributed by atoms with Crippen molar-refractivity contribution in [2.45, 2.75) is 22.6 Å². The molecule has 2 atom stereocenters. The average Bonchev–Trinajstić information content (AvgIpc) is 2.95. The van der Waals surface area contributed by atoms with Gasteiger partial charge in [0.2, 0.25) is 17.7 Å². The molecule has 3 aromatic rings. The molecule has 3 aromatic carbocycles. The van der Waals surface area contributed by atoms with Gasteiger partial charge in [0.25, 0.3) is 0 Å². The Morgan fingerprint density at radius 1 is 0.941 bits per heavy atom. The fraction of sp³-hybridized carbons (Fsp3) is 0.160. The Bertz CT molecular complexity index is 1220. The molecular weight excluding hydrogens is 460 g/mol. The number of anilines is 1. The molecule has 3 amide bonds. The average molecular weight is 482 g/mol. The van der Waals surface area contributed by atoms with Crippen LogP contribution in [0.2, 0.25) is 0 Å². The number of nitrogens with one attached hydrogen (secondary N) is 1. The zero-order valence-corrected chi connectivity index (χ0v) is 18.7. The lowest BCUT2D eigenvalue weighted by Gasteiger charge is -2.33. The SMILES string of the molecule is NCC(=O)N(C(=O)Cc1cc(F)cc(F)c1)[C@@H]1C(=O)Nc2ccccc2S[C@@H]1c1ccccc1. The zero-order chi connectivity index (χ0) is 24.2. The van der Waals surface area contributed by atoms with Gasteiger partial charge >= 0.3 is 0 Å². The van der Waals surface area contributed by atoms with Gasteiger partial charge in [-0.15, -0.1) is 11.8 Å². The van der Waals surface area contributed by atoms with Crippen molar-refractivity contribution in [1.29, 1.82) is 0 Å². The van der Waals surface area contributed by atoms with Crippen LogP contribution in [0.15, 0.2) is 77.7 Å². The Balaban J connectivity index is 1.78. The van der Waals surface area contributed by atoms with E-state index >= 15 is 0 Å². The molecule has 3 N–H and O–H groups in total. The highest BCUT2D eigenvalue weighted by Gasteiger charge is 2.43. The smallest absolute Gasteiger partial charge is 0.249 e. The Morgan fingerprint density at radius 3 is 2.26 bits per heavy atom. The first-order chi connectivity index (χ1) is 16.4. The third-order valence-corrected chi connectivity index (χ3v) is 6.74. The maximum Gasteiger partial charge on any atom is 0.249 e. The van der Waals surface area contributed by atoms with Crippen molar-refractivity contribution in [3.8, 4) is 0 Å². The number of fused-ring (bicyclic) bond motifs is 1. The van der Waals surface area contributed by atoms with Gasteiger partial charge in [0.1, 0.15) is 17.7 Å². The molecule has 0 saturated carbocycles. The largest absolute Gasteiger partial charge is 0.323 e. The monoisotopic (exact) mass is 481 g/mol. The van der Waals surface area contributed by atoms with E-state index in [1.165, 1.54) is 11.8 Å². The number of carbonyl (C=O) groups is 3. The van der Waals surface area contributed by atoms with E-state index in [1.54, 1.807) is 24.3 Å². The molecule has 1 aliphatic heterocycles. The number of para-hydroxylation sites is 1. The van der Waals surface area contributed by atoms with Crippen LogP contribution in [-0.4, -0.2) is 35.2 Å². The van der Waals surface area contributed by atoms with Gasteiger partial charge in [-0.2, -0.15) is 0 Å². The number of hydrogen-bond donors (Lipinski definition) is 2. The second-order valence-corrected chi connectivity index (χ2v) is 8.88. The molecule has 0 fully saturated rings.